The Morgan fingerprint density at radius 1 is 0.680 bits per heavy atom. The first-order valence-electron chi connectivity index (χ1n) is 10.5. The number of carbonyl (C=O) groups is 1. The Balaban J connectivity index is -0.000000867. The molecule has 4 heteroatoms. The summed E-state index contributed by atoms with van der Waals surface area (Å²) < 4.78 is 0. The van der Waals surface area contributed by atoms with E-state index in [0.29, 0.717) is 0 Å². The molecule has 0 aromatic heterocycles. The molecule has 0 saturated heterocycles. The molecule has 0 aliphatic rings. The van der Waals surface area contributed by atoms with Gasteiger partial charge in [0, 0.05) is 27.3 Å². The fourth-order valence-electron chi connectivity index (χ4n) is 2.85. The SMILES string of the molecule is CC(=O)O.CCCCCCCCCCCCCCCCCCNC.[Pd]. The summed E-state index contributed by atoms with van der Waals surface area (Å²) in [6.07, 6.45) is 23.2. The molecule has 25 heavy (non-hydrogen) atoms. The third kappa shape index (κ3) is 40.2. The van der Waals surface area contributed by atoms with E-state index in [2.05, 4.69) is 12.2 Å². The summed E-state index contributed by atoms with van der Waals surface area (Å²) in [7, 11) is 2.05. The number of nitrogens with one attached hydrogen (secondary N) is 1. The van der Waals surface area contributed by atoms with E-state index < -0.39 is 5.97 Å². The van der Waals surface area contributed by atoms with Crippen LogP contribution in [-0.4, -0.2) is 24.7 Å². The van der Waals surface area contributed by atoms with Crippen molar-refractivity contribution in [3.05, 3.63) is 0 Å². The van der Waals surface area contributed by atoms with Gasteiger partial charge in [-0.25, -0.2) is 0 Å². The average Bonchev–Trinajstić information content (AvgIpc) is 2.54. The zero-order valence-electron chi connectivity index (χ0n) is 17.2. The van der Waals surface area contributed by atoms with E-state index in [1.807, 2.05) is 7.05 Å². The van der Waals surface area contributed by atoms with Gasteiger partial charge >= 0.3 is 0 Å². The van der Waals surface area contributed by atoms with Crippen LogP contribution < -0.4 is 5.32 Å². The van der Waals surface area contributed by atoms with Crippen molar-refractivity contribution < 1.29 is 30.3 Å². The molecule has 0 rings (SSSR count). The van der Waals surface area contributed by atoms with Crippen LogP contribution in [0.25, 0.3) is 0 Å². The summed E-state index contributed by atoms with van der Waals surface area (Å²) >= 11 is 0. The fourth-order valence-corrected chi connectivity index (χ4v) is 2.85. The van der Waals surface area contributed by atoms with E-state index in [-0.39, 0.29) is 20.4 Å². The minimum absolute atomic E-state index is 0. The van der Waals surface area contributed by atoms with Gasteiger partial charge in [0.15, 0.2) is 0 Å². The summed E-state index contributed by atoms with van der Waals surface area (Å²) in [4.78, 5) is 9.00. The molecule has 0 unspecified atom stereocenters. The van der Waals surface area contributed by atoms with Crippen molar-refractivity contribution in [1.29, 1.82) is 0 Å². The first kappa shape index (κ1) is 29.8. The van der Waals surface area contributed by atoms with Gasteiger partial charge in [-0.15, -0.1) is 0 Å². The smallest absolute Gasteiger partial charge is 0.300 e. The second kappa shape index (κ2) is 28.9. The molecule has 0 amide bonds. The van der Waals surface area contributed by atoms with Crippen LogP contribution in [0.15, 0.2) is 0 Å². The van der Waals surface area contributed by atoms with Crippen molar-refractivity contribution in [2.45, 2.75) is 117 Å². The first-order valence-corrected chi connectivity index (χ1v) is 10.5. The molecule has 0 aromatic rings. The van der Waals surface area contributed by atoms with E-state index in [1.165, 1.54) is 109 Å². The number of carboxylic acids is 1. The summed E-state index contributed by atoms with van der Waals surface area (Å²) in [5.41, 5.74) is 0. The molecule has 2 N–H and O–H groups in total. The molecule has 0 aromatic carbocycles. The molecule has 3 nitrogen and oxygen atoms in total. The van der Waals surface area contributed by atoms with Crippen molar-refractivity contribution >= 4 is 5.97 Å². The molecule has 0 spiro atoms. The van der Waals surface area contributed by atoms with Gasteiger partial charge in [0.05, 0.1) is 0 Å². The molecule has 0 saturated carbocycles. The number of rotatable bonds is 17. The predicted octanol–water partition coefficient (Wildman–Crippen LogP) is 6.56. The molecule has 0 radical (unpaired) electrons. The molecule has 0 aliphatic carbocycles. The van der Waals surface area contributed by atoms with Crippen LogP contribution in [0.4, 0.5) is 0 Å². The minimum atomic E-state index is -0.833. The Hall–Kier alpha value is 0.0923. The Bertz CT molecular complexity index is 216. The van der Waals surface area contributed by atoms with Gasteiger partial charge in [-0.1, -0.05) is 103 Å². The summed E-state index contributed by atoms with van der Waals surface area (Å²) in [6, 6.07) is 0. The molecule has 0 atom stereocenters. The molecule has 0 aliphatic heterocycles. The molecule has 0 bridgehead atoms. The van der Waals surface area contributed by atoms with Crippen LogP contribution in [0.1, 0.15) is 117 Å². The van der Waals surface area contributed by atoms with E-state index in [4.69, 9.17) is 9.90 Å². The van der Waals surface area contributed by atoms with Crippen molar-refractivity contribution in [2.75, 3.05) is 13.6 Å². The third-order valence-electron chi connectivity index (χ3n) is 4.28. The van der Waals surface area contributed by atoms with Crippen LogP contribution in [-0.2, 0) is 25.2 Å². The van der Waals surface area contributed by atoms with Crippen LogP contribution in [0, 0.1) is 0 Å². The second-order valence-electron chi connectivity index (χ2n) is 6.93. The van der Waals surface area contributed by atoms with E-state index in [0.717, 1.165) is 6.92 Å². The largest absolute Gasteiger partial charge is 0.481 e. The topological polar surface area (TPSA) is 49.3 Å². The number of hydrogen-bond donors (Lipinski definition) is 2. The normalized spacial score (nSPS) is 9.88. The average molecular weight is 450 g/mol. The number of carboxylic acid groups (broad SMARTS) is 1. The molecular weight excluding hydrogens is 405 g/mol. The van der Waals surface area contributed by atoms with E-state index >= 15 is 0 Å². The summed E-state index contributed by atoms with van der Waals surface area (Å²) in [5, 5.41) is 10.6. The molecular formula is C21H45NO2Pd. The van der Waals surface area contributed by atoms with E-state index in [9.17, 15) is 0 Å². The van der Waals surface area contributed by atoms with Crippen molar-refractivity contribution in [3.8, 4) is 0 Å². The maximum Gasteiger partial charge on any atom is 0.300 e. The number of hydrogen-bond acceptors (Lipinski definition) is 2. The Labute approximate surface area is 171 Å². The molecule has 156 valence electrons. The van der Waals surface area contributed by atoms with Gasteiger partial charge in [0.2, 0.25) is 0 Å². The fraction of sp³-hybridized carbons (Fsp3) is 0.952. The van der Waals surface area contributed by atoms with E-state index in [1.54, 1.807) is 0 Å². The first-order chi connectivity index (χ1) is 11.6. The van der Waals surface area contributed by atoms with Crippen molar-refractivity contribution in [1.82, 2.24) is 5.32 Å². The number of unbranched alkanes of at least 4 members (excludes halogenated alkanes) is 15. The van der Waals surface area contributed by atoms with Gasteiger partial charge < -0.3 is 10.4 Å². The van der Waals surface area contributed by atoms with Crippen molar-refractivity contribution in [2.24, 2.45) is 0 Å². The van der Waals surface area contributed by atoms with Crippen molar-refractivity contribution in [3.63, 3.8) is 0 Å². The summed E-state index contributed by atoms with van der Waals surface area (Å²) in [6.45, 7) is 4.57. The van der Waals surface area contributed by atoms with Crippen LogP contribution in [0.3, 0.4) is 0 Å². The quantitative estimate of drug-likeness (QED) is 0.195. The monoisotopic (exact) mass is 449 g/mol. The standard InChI is InChI=1S/C19H41N.C2H4O2.Pd/c1-3-4-5-6-7-8-9-10-11-12-13-14-15-16-17-18-19-20-2;1-2(3)4;/h20H,3-19H2,1-2H3;1H3,(H,3,4);. The number of aliphatic carboxylic acids is 1. The van der Waals surface area contributed by atoms with Gasteiger partial charge in [-0.2, -0.15) is 0 Å². The molecule has 0 fully saturated rings. The maximum absolute atomic E-state index is 9.00. The third-order valence-corrected chi connectivity index (χ3v) is 4.28. The van der Waals surface area contributed by atoms with Crippen LogP contribution >= 0.6 is 0 Å². The van der Waals surface area contributed by atoms with Gasteiger partial charge in [0.25, 0.3) is 5.97 Å². The predicted molar refractivity (Wildman–Crippen MR) is 107 cm³/mol. The zero-order chi connectivity index (χ0) is 18.3. The van der Waals surface area contributed by atoms with Crippen LogP contribution in [0.2, 0.25) is 0 Å². The zero-order valence-corrected chi connectivity index (χ0v) is 18.7. The molecule has 0 heterocycles. The van der Waals surface area contributed by atoms with Gasteiger partial charge in [0.1, 0.15) is 0 Å². The Morgan fingerprint density at radius 2 is 0.920 bits per heavy atom. The maximum atomic E-state index is 9.00. The Kier molecular flexibility index (Phi) is 34.5. The second-order valence-corrected chi connectivity index (χ2v) is 6.93. The van der Waals surface area contributed by atoms with Gasteiger partial charge in [-0.3, -0.25) is 4.79 Å². The minimum Gasteiger partial charge on any atom is -0.481 e. The van der Waals surface area contributed by atoms with Crippen LogP contribution in [0.5, 0.6) is 0 Å². The summed E-state index contributed by atoms with van der Waals surface area (Å²) in [5.74, 6) is -0.833. The van der Waals surface area contributed by atoms with Gasteiger partial charge in [-0.05, 0) is 20.0 Å². The Morgan fingerprint density at radius 3 is 1.16 bits per heavy atom.